The zero-order valence-corrected chi connectivity index (χ0v) is 9.29. The highest BCUT2D eigenvalue weighted by Gasteiger charge is 2.14. The van der Waals surface area contributed by atoms with Crippen molar-refractivity contribution in [3.63, 3.8) is 0 Å². The Kier molecular flexibility index (Phi) is 1.97. The molecule has 4 heteroatoms. The topological polar surface area (TPSA) is 54.0 Å². The normalized spacial score (nSPS) is 10.6. The van der Waals surface area contributed by atoms with Gasteiger partial charge in [0.2, 0.25) is 0 Å². The molecule has 0 fully saturated rings. The van der Waals surface area contributed by atoms with Crippen molar-refractivity contribution >= 4 is 5.65 Å². The van der Waals surface area contributed by atoms with Gasteiger partial charge in [-0.05, 0) is 38.8 Å². The molecular weight excluding hydrogens is 188 g/mol. The van der Waals surface area contributed by atoms with Crippen LogP contribution in [0.2, 0.25) is 0 Å². The minimum absolute atomic E-state index is 0.624. The van der Waals surface area contributed by atoms with Gasteiger partial charge in [0.15, 0.2) is 5.65 Å². The van der Waals surface area contributed by atoms with E-state index >= 15 is 0 Å². The molecule has 0 atom stereocenters. The van der Waals surface area contributed by atoms with Crippen LogP contribution in [0.5, 0.6) is 0 Å². The molecule has 0 unspecified atom stereocenters. The molecule has 76 valence electrons. The maximum absolute atomic E-state index is 9.11. The molecule has 0 saturated carbocycles. The van der Waals surface area contributed by atoms with Crippen molar-refractivity contribution in [1.29, 1.82) is 5.26 Å². The minimum atomic E-state index is 0.624. The average Bonchev–Trinajstić information content (AvgIpc) is 2.58. The van der Waals surface area contributed by atoms with Crippen LogP contribution < -0.4 is 0 Å². The van der Waals surface area contributed by atoms with E-state index in [0.29, 0.717) is 11.2 Å². The molecule has 0 spiro atoms. The monoisotopic (exact) mass is 200 g/mol. The SMILES string of the molecule is Cc1c(C)c(C)n2c(C)nnc2c1C#N. The number of nitrogens with zero attached hydrogens (tertiary/aromatic N) is 4. The van der Waals surface area contributed by atoms with Crippen LogP contribution in [-0.2, 0) is 0 Å². The molecule has 0 aliphatic carbocycles. The summed E-state index contributed by atoms with van der Waals surface area (Å²) >= 11 is 0. The second-order valence-electron chi connectivity index (χ2n) is 3.73. The number of hydrogen-bond donors (Lipinski definition) is 0. The van der Waals surface area contributed by atoms with Crippen molar-refractivity contribution in [3.05, 3.63) is 28.2 Å². The Bertz CT molecular complexity index is 587. The number of nitriles is 1. The lowest BCUT2D eigenvalue weighted by Gasteiger charge is -2.10. The number of aryl methyl sites for hydroxylation is 2. The fourth-order valence-electron chi connectivity index (χ4n) is 1.85. The molecule has 4 nitrogen and oxygen atoms in total. The molecule has 0 saturated heterocycles. The van der Waals surface area contributed by atoms with Gasteiger partial charge in [0.1, 0.15) is 17.5 Å². The summed E-state index contributed by atoms with van der Waals surface area (Å²) in [4.78, 5) is 0. The summed E-state index contributed by atoms with van der Waals surface area (Å²) in [6.07, 6.45) is 0. The summed E-state index contributed by atoms with van der Waals surface area (Å²) in [5.41, 5.74) is 4.51. The number of hydrogen-bond acceptors (Lipinski definition) is 3. The van der Waals surface area contributed by atoms with Crippen molar-refractivity contribution in [2.24, 2.45) is 0 Å². The lowest BCUT2D eigenvalue weighted by Crippen LogP contribution is -2.02. The van der Waals surface area contributed by atoms with Crippen LogP contribution >= 0.6 is 0 Å². The van der Waals surface area contributed by atoms with Crippen LogP contribution in [-0.4, -0.2) is 14.6 Å². The van der Waals surface area contributed by atoms with Crippen molar-refractivity contribution in [1.82, 2.24) is 14.6 Å². The summed E-state index contributed by atoms with van der Waals surface area (Å²) in [6.45, 7) is 7.88. The van der Waals surface area contributed by atoms with Crippen LogP contribution in [0.3, 0.4) is 0 Å². The number of rotatable bonds is 0. The van der Waals surface area contributed by atoms with E-state index in [1.54, 1.807) is 0 Å². The molecule has 2 heterocycles. The highest BCUT2D eigenvalue weighted by molar-refractivity contribution is 5.61. The van der Waals surface area contributed by atoms with Gasteiger partial charge in [0.25, 0.3) is 0 Å². The molecule has 0 amide bonds. The summed E-state index contributed by atoms with van der Waals surface area (Å²) in [7, 11) is 0. The molecule has 0 N–H and O–H groups in total. The van der Waals surface area contributed by atoms with E-state index in [9.17, 15) is 0 Å². The lowest BCUT2D eigenvalue weighted by molar-refractivity contribution is 0.961. The molecule has 15 heavy (non-hydrogen) atoms. The van der Waals surface area contributed by atoms with Crippen LogP contribution in [0.4, 0.5) is 0 Å². The van der Waals surface area contributed by atoms with Crippen molar-refractivity contribution in [3.8, 4) is 6.07 Å². The van der Waals surface area contributed by atoms with Gasteiger partial charge >= 0.3 is 0 Å². The first kappa shape index (κ1) is 9.66. The fraction of sp³-hybridized carbons (Fsp3) is 0.364. The second-order valence-corrected chi connectivity index (χ2v) is 3.73. The van der Waals surface area contributed by atoms with E-state index < -0.39 is 0 Å². The largest absolute Gasteiger partial charge is 0.282 e. The molecule has 0 bridgehead atoms. The summed E-state index contributed by atoms with van der Waals surface area (Å²) in [6, 6.07) is 2.20. The van der Waals surface area contributed by atoms with Crippen LogP contribution in [0.1, 0.15) is 28.2 Å². The maximum Gasteiger partial charge on any atom is 0.179 e. The van der Waals surface area contributed by atoms with Gasteiger partial charge in [-0.25, -0.2) is 0 Å². The number of fused-ring (bicyclic) bond motifs is 1. The molecule has 0 aliphatic rings. The molecule has 2 aromatic heterocycles. The zero-order chi connectivity index (χ0) is 11.2. The number of aromatic nitrogens is 3. The highest BCUT2D eigenvalue weighted by atomic mass is 15.2. The Morgan fingerprint density at radius 1 is 1.07 bits per heavy atom. The Labute approximate surface area is 88.2 Å². The quantitative estimate of drug-likeness (QED) is 0.652. The Hall–Kier alpha value is -1.89. The van der Waals surface area contributed by atoms with Crippen molar-refractivity contribution < 1.29 is 0 Å². The first-order valence-electron chi connectivity index (χ1n) is 4.79. The van der Waals surface area contributed by atoms with Crippen LogP contribution in [0.15, 0.2) is 0 Å². The van der Waals surface area contributed by atoms with Crippen LogP contribution in [0.25, 0.3) is 5.65 Å². The van der Waals surface area contributed by atoms with Crippen molar-refractivity contribution in [2.75, 3.05) is 0 Å². The lowest BCUT2D eigenvalue weighted by atomic mass is 10.0. The van der Waals surface area contributed by atoms with Crippen LogP contribution in [0, 0.1) is 39.0 Å². The molecular formula is C11H12N4. The Morgan fingerprint density at radius 2 is 1.73 bits per heavy atom. The zero-order valence-electron chi connectivity index (χ0n) is 9.29. The minimum Gasteiger partial charge on any atom is -0.282 e. The Morgan fingerprint density at radius 3 is 2.33 bits per heavy atom. The second kappa shape index (κ2) is 3.06. The third-order valence-corrected chi connectivity index (χ3v) is 2.98. The summed E-state index contributed by atoms with van der Waals surface area (Å²) in [5, 5.41) is 17.2. The molecule has 0 radical (unpaired) electrons. The van der Waals surface area contributed by atoms with E-state index in [4.69, 9.17) is 5.26 Å². The summed E-state index contributed by atoms with van der Waals surface area (Å²) < 4.78 is 1.93. The van der Waals surface area contributed by atoms with Gasteiger partial charge in [-0.3, -0.25) is 4.40 Å². The van der Waals surface area contributed by atoms with E-state index in [1.807, 2.05) is 32.1 Å². The third kappa shape index (κ3) is 1.13. The first-order valence-corrected chi connectivity index (χ1v) is 4.79. The molecule has 0 aromatic carbocycles. The van der Waals surface area contributed by atoms with Gasteiger partial charge in [-0.2, -0.15) is 5.26 Å². The fourth-order valence-corrected chi connectivity index (χ4v) is 1.85. The van der Waals surface area contributed by atoms with Gasteiger partial charge in [0.05, 0.1) is 0 Å². The van der Waals surface area contributed by atoms with Gasteiger partial charge < -0.3 is 0 Å². The van der Waals surface area contributed by atoms with E-state index in [0.717, 1.165) is 22.6 Å². The smallest absolute Gasteiger partial charge is 0.179 e. The average molecular weight is 200 g/mol. The predicted molar refractivity (Wildman–Crippen MR) is 56.7 cm³/mol. The molecule has 0 aliphatic heterocycles. The molecule has 2 aromatic rings. The Balaban J connectivity index is 3.09. The van der Waals surface area contributed by atoms with E-state index in [-0.39, 0.29) is 0 Å². The maximum atomic E-state index is 9.11. The highest BCUT2D eigenvalue weighted by Crippen LogP contribution is 2.21. The standard InChI is InChI=1S/C11H12N4/c1-6-7(2)10(5-12)11-14-13-9(4)15(11)8(6)3/h1-4H3. The van der Waals surface area contributed by atoms with Gasteiger partial charge in [-0.15, -0.1) is 10.2 Å². The number of pyridine rings is 1. The van der Waals surface area contributed by atoms with E-state index in [1.165, 1.54) is 0 Å². The predicted octanol–water partition coefficient (Wildman–Crippen LogP) is 1.83. The molecule has 2 rings (SSSR count). The first-order chi connectivity index (χ1) is 7.07. The summed E-state index contributed by atoms with van der Waals surface area (Å²) in [5.74, 6) is 0.821. The van der Waals surface area contributed by atoms with Gasteiger partial charge in [0, 0.05) is 5.69 Å². The van der Waals surface area contributed by atoms with E-state index in [2.05, 4.69) is 16.3 Å². The van der Waals surface area contributed by atoms with Crippen molar-refractivity contribution in [2.45, 2.75) is 27.7 Å². The van der Waals surface area contributed by atoms with Gasteiger partial charge in [-0.1, -0.05) is 0 Å². The third-order valence-electron chi connectivity index (χ3n) is 2.98.